The lowest BCUT2D eigenvalue weighted by Crippen LogP contribution is -1.96. The number of ether oxygens (including phenoxy) is 1. The lowest BCUT2D eigenvalue weighted by Gasteiger charge is -2.08. The fourth-order valence-corrected chi connectivity index (χ4v) is 2.10. The Morgan fingerprint density at radius 1 is 1.30 bits per heavy atom. The summed E-state index contributed by atoms with van der Waals surface area (Å²) in [6, 6.07) is 8.03. The van der Waals surface area contributed by atoms with Gasteiger partial charge in [-0.2, -0.15) is 0 Å². The van der Waals surface area contributed by atoms with Crippen LogP contribution in [0.5, 0.6) is 11.5 Å². The minimum Gasteiger partial charge on any atom is -0.447 e. The Bertz CT molecular complexity index is 664. The monoisotopic (exact) mass is 315 g/mol. The summed E-state index contributed by atoms with van der Waals surface area (Å²) in [4.78, 5) is 10.1. The molecule has 0 saturated carbocycles. The number of hydrogen-bond donors (Lipinski definition) is 0. The second kappa shape index (κ2) is 6.07. The summed E-state index contributed by atoms with van der Waals surface area (Å²) in [5.41, 5.74) is 0.228. The van der Waals surface area contributed by atoms with Gasteiger partial charge in [0, 0.05) is 17.0 Å². The van der Waals surface area contributed by atoms with Crippen LogP contribution in [0.1, 0.15) is 5.56 Å². The Hall–Kier alpha value is -1.85. The Labute approximate surface area is 123 Å². The minimum atomic E-state index is -0.822. The maximum atomic E-state index is 13.7. The number of nitro groups is 1. The molecule has 0 fully saturated rings. The van der Waals surface area contributed by atoms with Crippen LogP contribution in [0.15, 0.2) is 36.4 Å². The van der Waals surface area contributed by atoms with Crippen molar-refractivity contribution in [1.82, 2.24) is 0 Å². The fourth-order valence-electron chi connectivity index (χ4n) is 1.56. The van der Waals surface area contributed by atoms with E-state index in [2.05, 4.69) is 0 Å². The number of rotatable bonds is 4. The first kappa shape index (κ1) is 14.6. The molecule has 0 spiro atoms. The molecule has 104 valence electrons. The van der Waals surface area contributed by atoms with E-state index in [4.69, 9.17) is 27.9 Å². The van der Waals surface area contributed by atoms with Gasteiger partial charge >= 0.3 is 5.69 Å². The standard InChI is InChI=1S/C13H8Cl2FNO3/c14-7-8-4-5-9(6-10(8)15)20-13-11(16)2-1-3-12(13)17(18)19/h1-6H,7H2. The van der Waals surface area contributed by atoms with Gasteiger partial charge in [0.15, 0.2) is 5.82 Å². The van der Waals surface area contributed by atoms with Crippen molar-refractivity contribution in [3.63, 3.8) is 0 Å². The van der Waals surface area contributed by atoms with E-state index < -0.39 is 22.2 Å². The number of nitro benzene ring substituents is 1. The molecular formula is C13H8Cl2FNO3. The van der Waals surface area contributed by atoms with Crippen LogP contribution in [0.25, 0.3) is 0 Å². The Kier molecular flexibility index (Phi) is 4.42. The van der Waals surface area contributed by atoms with Gasteiger partial charge in [-0.25, -0.2) is 4.39 Å². The highest BCUT2D eigenvalue weighted by Crippen LogP contribution is 2.35. The van der Waals surface area contributed by atoms with Crippen molar-refractivity contribution in [3.05, 3.63) is 62.9 Å². The van der Waals surface area contributed by atoms with Crippen molar-refractivity contribution in [3.8, 4) is 11.5 Å². The van der Waals surface area contributed by atoms with E-state index >= 15 is 0 Å². The number of hydrogen-bond acceptors (Lipinski definition) is 3. The molecule has 20 heavy (non-hydrogen) atoms. The summed E-state index contributed by atoms with van der Waals surface area (Å²) < 4.78 is 18.9. The van der Waals surface area contributed by atoms with Crippen molar-refractivity contribution in [2.24, 2.45) is 0 Å². The molecule has 0 bridgehead atoms. The molecule has 0 aliphatic carbocycles. The first-order valence-corrected chi connectivity index (χ1v) is 6.39. The van der Waals surface area contributed by atoms with E-state index in [1.807, 2.05) is 0 Å². The van der Waals surface area contributed by atoms with Crippen molar-refractivity contribution in [1.29, 1.82) is 0 Å². The highest BCUT2D eigenvalue weighted by Gasteiger charge is 2.20. The SMILES string of the molecule is O=[N+]([O-])c1cccc(F)c1Oc1ccc(CCl)c(Cl)c1. The molecule has 0 aromatic heterocycles. The van der Waals surface area contributed by atoms with Gasteiger partial charge in [0.1, 0.15) is 5.75 Å². The van der Waals surface area contributed by atoms with Crippen LogP contribution >= 0.6 is 23.2 Å². The Morgan fingerprint density at radius 3 is 2.65 bits per heavy atom. The predicted octanol–water partition coefficient (Wildman–Crippen LogP) is 4.92. The molecular weight excluding hydrogens is 308 g/mol. The zero-order valence-corrected chi connectivity index (χ0v) is 11.5. The fraction of sp³-hybridized carbons (Fsp3) is 0.0769. The van der Waals surface area contributed by atoms with Crippen LogP contribution in [0.3, 0.4) is 0 Å². The molecule has 0 aliphatic rings. The summed E-state index contributed by atoms with van der Waals surface area (Å²) in [6.07, 6.45) is 0. The highest BCUT2D eigenvalue weighted by atomic mass is 35.5. The number of benzene rings is 2. The topological polar surface area (TPSA) is 52.4 Å². The predicted molar refractivity (Wildman–Crippen MR) is 74.1 cm³/mol. The summed E-state index contributed by atoms with van der Waals surface area (Å²) in [7, 11) is 0. The first-order chi connectivity index (χ1) is 9.52. The maximum absolute atomic E-state index is 13.7. The Balaban J connectivity index is 2.39. The van der Waals surface area contributed by atoms with Gasteiger partial charge in [0.2, 0.25) is 5.75 Å². The van der Waals surface area contributed by atoms with Gasteiger partial charge in [-0.05, 0) is 23.8 Å². The van der Waals surface area contributed by atoms with Crippen LogP contribution in [0, 0.1) is 15.9 Å². The highest BCUT2D eigenvalue weighted by molar-refractivity contribution is 6.32. The molecule has 7 heteroatoms. The van der Waals surface area contributed by atoms with Crippen LogP contribution in [-0.4, -0.2) is 4.92 Å². The molecule has 0 heterocycles. The molecule has 4 nitrogen and oxygen atoms in total. The first-order valence-electron chi connectivity index (χ1n) is 5.48. The van der Waals surface area contributed by atoms with E-state index in [1.165, 1.54) is 18.2 Å². The van der Waals surface area contributed by atoms with E-state index in [9.17, 15) is 14.5 Å². The van der Waals surface area contributed by atoms with E-state index in [1.54, 1.807) is 6.07 Å². The minimum absolute atomic E-state index is 0.192. The van der Waals surface area contributed by atoms with E-state index in [-0.39, 0.29) is 11.6 Å². The molecule has 0 unspecified atom stereocenters. The van der Waals surface area contributed by atoms with E-state index in [0.717, 1.165) is 12.1 Å². The molecule has 2 rings (SSSR count). The third kappa shape index (κ3) is 3.00. The lowest BCUT2D eigenvalue weighted by atomic mass is 10.2. The number of para-hydroxylation sites is 1. The molecule has 0 atom stereocenters. The number of alkyl halides is 1. The smallest absolute Gasteiger partial charge is 0.314 e. The van der Waals surface area contributed by atoms with E-state index in [0.29, 0.717) is 10.6 Å². The van der Waals surface area contributed by atoms with Crippen LogP contribution in [0.2, 0.25) is 5.02 Å². The molecule has 0 saturated heterocycles. The van der Waals surface area contributed by atoms with Crippen molar-refractivity contribution in [2.45, 2.75) is 5.88 Å². The van der Waals surface area contributed by atoms with Crippen LogP contribution < -0.4 is 4.74 Å². The van der Waals surface area contributed by atoms with Gasteiger partial charge < -0.3 is 4.74 Å². The van der Waals surface area contributed by atoms with Gasteiger partial charge in [0.05, 0.1) is 4.92 Å². The molecule has 0 N–H and O–H groups in total. The number of halogens is 3. The third-order valence-corrected chi connectivity index (χ3v) is 3.17. The number of nitrogens with zero attached hydrogens (tertiary/aromatic N) is 1. The third-order valence-electron chi connectivity index (χ3n) is 2.53. The molecule has 0 radical (unpaired) electrons. The molecule has 2 aromatic rings. The molecule has 2 aromatic carbocycles. The van der Waals surface area contributed by atoms with Gasteiger partial charge in [0.25, 0.3) is 0 Å². The van der Waals surface area contributed by atoms with Gasteiger partial charge in [-0.1, -0.05) is 23.7 Å². The van der Waals surface area contributed by atoms with Crippen LogP contribution in [-0.2, 0) is 5.88 Å². The largest absolute Gasteiger partial charge is 0.447 e. The summed E-state index contributed by atoms with van der Waals surface area (Å²) in [5, 5.41) is 11.2. The second-order valence-corrected chi connectivity index (χ2v) is 4.51. The second-order valence-electron chi connectivity index (χ2n) is 3.83. The average Bonchev–Trinajstić information content (AvgIpc) is 2.41. The van der Waals surface area contributed by atoms with Gasteiger partial charge in [-0.15, -0.1) is 11.6 Å². The Morgan fingerprint density at radius 2 is 2.05 bits per heavy atom. The summed E-state index contributed by atoms with van der Waals surface area (Å²) in [6.45, 7) is 0. The van der Waals surface area contributed by atoms with Gasteiger partial charge in [-0.3, -0.25) is 10.1 Å². The average molecular weight is 316 g/mol. The lowest BCUT2D eigenvalue weighted by molar-refractivity contribution is -0.385. The van der Waals surface area contributed by atoms with Crippen molar-refractivity contribution in [2.75, 3.05) is 0 Å². The van der Waals surface area contributed by atoms with Crippen molar-refractivity contribution < 1.29 is 14.1 Å². The quantitative estimate of drug-likeness (QED) is 0.457. The summed E-state index contributed by atoms with van der Waals surface area (Å²) >= 11 is 11.6. The van der Waals surface area contributed by atoms with Crippen molar-refractivity contribution >= 4 is 28.9 Å². The molecule has 0 aliphatic heterocycles. The normalized spacial score (nSPS) is 10.3. The van der Waals surface area contributed by atoms with Crippen LogP contribution in [0.4, 0.5) is 10.1 Å². The maximum Gasteiger partial charge on any atom is 0.314 e. The zero-order valence-electron chi connectivity index (χ0n) is 9.98. The molecule has 0 amide bonds. The zero-order chi connectivity index (χ0) is 14.7. The summed E-state index contributed by atoms with van der Waals surface area (Å²) in [5.74, 6) is -0.861.